The van der Waals surface area contributed by atoms with Gasteiger partial charge < -0.3 is 9.64 Å². The maximum Gasteiger partial charge on any atom is 0.415 e. The van der Waals surface area contributed by atoms with Crippen LogP contribution in [-0.4, -0.2) is 42.8 Å². The van der Waals surface area contributed by atoms with Gasteiger partial charge in [0.15, 0.2) is 0 Å². The average molecular weight is 350 g/mol. The molecule has 2 rings (SSSR count). The van der Waals surface area contributed by atoms with Crippen molar-refractivity contribution in [2.24, 2.45) is 0 Å². The van der Waals surface area contributed by atoms with Crippen molar-refractivity contribution in [3.05, 3.63) is 28.8 Å². The lowest BCUT2D eigenvalue weighted by Crippen LogP contribution is -2.48. The number of nitrogens with zero attached hydrogens (tertiary/aromatic N) is 3. The lowest BCUT2D eigenvalue weighted by molar-refractivity contribution is 0.0551. The summed E-state index contributed by atoms with van der Waals surface area (Å²) in [4.78, 5) is 16.7. The van der Waals surface area contributed by atoms with Crippen LogP contribution in [0.5, 0.6) is 0 Å². The number of nitriles is 1. The molecule has 0 aromatic heterocycles. The van der Waals surface area contributed by atoms with Gasteiger partial charge in [0.2, 0.25) is 0 Å². The van der Waals surface area contributed by atoms with Crippen LogP contribution < -0.4 is 4.90 Å². The lowest BCUT2D eigenvalue weighted by Gasteiger charge is -2.38. The summed E-state index contributed by atoms with van der Waals surface area (Å²) in [6.45, 7) is 7.29. The molecule has 24 heavy (non-hydrogen) atoms. The number of anilines is 1. The molecule has 1 aliphatic rings. The van der Waals surface area contributed by atoms with E-state index in [1.165, 1.54) is 0 Å². The molecule has 0 unspecified atom stereocenters. The molecule has 1 aromatic rings. The Morgan fingerprint density at radius 2 is 2.00 bits per heavy atom. The summed E-state index contributed by atoms with van der Waals surface area (Å²) in [5.41, 5.74) is 0.338. The molecule has 1 aliphatic heterocycles. The van der Waals surface area contributed by atoms with Crippen LogP contribution in [0.4, 0.5) is 10.5 Å². The van der Waals surface area contributed by atoms with Gasteiger partial charge in [-0.2, -0.15) is 5.26 Å². The van der Waals surface area contributed by atoms with Gasteiger partial charge in [0, 0.05) is 11.1 Å². The zero-order valence-electron chi connectivity index (χ0n) is 14.7. The molecule has 1 heterocycles. The van der Waals surface area contributed by atoms with Gasteiger partial charge in [0.05, 0.1) is 11.3 Å². The van der Waals surface area contributed by atoms with Crippen molar-refractivity contribution in [2.75, 3.05) is 25.0 Å². The lowest BCUT2D eigenvalue weighted by atomic mass is 10.0. The molecule has 1 amide bonds. The minimum absolute atomic E-state index is 0.0124. The first kappa shape index (κ1) is 18.6. The fourth-order valence-electron chi connectivity index (χ4n) is 2.81. The van der Waals surface area contributed by atoms with E-state index < -0.39 is 11.7 Å². The van der Waals surface area contributed by atoms with Gasteiger partial charge in [-0.15, -0.1) is 0 Å². The van der Waals surface area contributed by atoms with Crippen LogP contribution in [0, 0.1) is 11.3 Å². The monoisotopic (exact) mass is 349 g/mol. The third kappa shape index (κ3) is 4.62. The highest BCUT2D eigenvalue weighted by Crippen LogP contribution is 2.31. The Balaban J connectivity index is 2.41. The van der Waals surface area contributed by atoms with Crippen LogP contribution in [0.2, 0.25) is 5.02 Å². The molecular weight excluding hydrogens is 326 g/mol. The number of carbonyl (C=O) groups excluding carboxylic acids is 1. The summed E-state index contributed by atoms with van der Waals surface area (Å²) in [6, 6.07) is 7.11. The molecule has 0 bridgehead atoms. The summed E-state index contributed by atoms with van der Waals surface area (Å²) in [5.74, 6) is 0. The Morgan fingerprint density at radius 3 is 2.54 bits per heavy atom. The number of halogens is 1. The Bertz CT molecular complexity index is 641. The zero-order valence-corrected chi connectivity index (χ0v) is 15.4. The summed E-state index contributed by atoms with van der Waals surface area (Å²) in [6.07, 6.45) is 1.22. The third-order valence-electron chi connectivity index (χ3n) is 3.98. The van der Waals surface area contributed by atoms with Gasteiger partial charge >= 0.3 is 6.09 Å². The standard InChI is InChI=1S/C18H24ClN3O2/c1-18(2,3)24-17(23)22(15-7-9-21(4)10-8-15)16-11-14(19)6-5-13(16)12-20/h5-6,11,15H,7-10H2,1-4H3. The topological polar surface area (TPSA) is 56.6 Å². The number of amides is 1. The normalized spacial score (nSPS) is 16.5. The molecule has 0 aliphatic carbocycles. The number of hydrogen-bond acceptors (Lipinski definition) is 4. The van der Waals surface area contributed by atoms with Gasteiger partial charge in [0.25, 0.3) is 0 Å². The smallest absolute Gasteiger partial charge is 0.415 e. The predicted molar refractivity (Wildman–Crippen MR) is 95.4 cm³/mol. The first-order chi connectivity index (χ1) is 11.2. The van der Waals surface area contributed by atoms with E-state index in [0.29, 0.717) is 16.3 Å². The molecule has 1 aromatic carbocycles. The van der Waals surface area contributed by atoms with E-state index in [4.69, 9.17) is 16.3 Å². The van der Waals surface area contributed by atoms with Crippen LogP contribution in [0.25, 0.3) is 0 Å². The van der Waals surface area contributed by atoms with Crippen molar-refractivity contribution in [3.8, 4) is 6.07 Å². The number of rotatable bonds is 2. The van der Waals surface area contributed by atoms with Gasteiger partial charge in [-0.25, -0.2) is 4.79 Å². The Kier molecular flexibility index (Phi) is 5.74. The van der Waals surface area contributed by atoms with Crippen LogP contribution >= 0.6 is 11.6 Å². The third-order valence-corrected chi connectivity index (χ3v) is 4.22. The Morgan fingerprint density at radius 1 is 1.38 bits per heavy atom. The number of carbonyl (C=O) groups is 1. The molecule has 0 radical (unpaired) electrons. The van der Waals surface area contributed by atoms with Crippen LogP contribution in [0.3, 0.4) is 0 Å². The SMILES string of the molecule is CN1CCC(N(C(=O)OC(C)(C)C)c2cc(Cl)ccc2C#N)CC1. The number of hydrogen-bond donors (Lipinski definition) is 0. The highest BCUT2D eigenvalue weighted by Gasteiger charge is 2.33. The molecule has 0 saturated carbocycles. The number of likely N-dealkylation sites (tertiary alicyclic amines) is 1. The Labute approximate surface area is 148 Å². The van der Waals surface area contributed by atoms with Crippen LogP contribution in [0.1, 0.15) is 39.2 Å². The fourth-order valence-corrected chi connectivity index (χ4v) is 2.97. The molecule has 130 valence electrons. The molecule has 0 spiro atoms. The predicted octanol–water partition coefficient (Wildman–Crippen LogP) is 4.05. The first-order valence-electron chi connectivity index (χ1n) is 8.11. The van der Waals surface area contributed by atoms with Gasteiger partial charge in [-0.3, -0.25) is 4.90 Å². The van der Waals surface area contributed by atoms with Gasteiger partial charge in [-0.1, -0.05) is 11.6 Å². The second kappa shape index (κ2) is 7.42. The van der Waals surface area contributed by atoms with Crippen molar-refractivity contribution in [2.45, 2.75) is 45.3 Å². The second-order valence-corrected chi connectivity index (χ2v) is 7.59. The van der Waals surface area contributed by atoms with E-state index in [2.05, 4.69) is 18.0 Å². The van der Waals surface area contributed by atoms with E-state index in [9.17, 15) is 10.1 Å². The number of benzene rings is 1. The van der Waals surface area contributed by atoms with Crippen molar-refractivity contribution < 1.29 is 9.53 Å². The number of piperidine rings is 1. The molecular formula is C18H24ClN3O2. The fraction of sp³-hybridized carbons (Fsp3) is 0.556. The van der Waals surface area contributed by atoms with E-state index in [-0.39, 0.29) is 6.04 Å². The quantitative estimate of drug-likeness (QED) is 0.808. The minimum atomic E-state index is -0.605. The molecule has 0 atom stereocenters. The highest BCUT2D eigenvalue weighted by molar-refractivity contribution is 6.31. The van der Waals surface area contributed by atoms with Crippen molar-refractivity contribution in [3.63, 3.8) is 0 Å². The van der Waals surface area contributed by atoms with Crippen molar-refractivity contribution in [1.29, 1.82) is 5.26 Å². The Hall–Kier alpha value is -1.77. The molecule has 5 nitrogen and oxygen atoms in total. The molecule has 1 saturated heterocycles. The van der Waals surface area contributed by atoms with E-state index >= 15 is 0 Å². The van der Waals surface area contributed by atoms with Crippen molar-refractivity contribution in [1.82, 2.24) is 4.90 Å². The summed E-state index contributed by atoms with van der Waals surface area (Å²) >= 11 is 6.12. The summed E-state index contributed by atoms with van der Waals surface area (Å²) in [7, 11) is 2.06. The second-order valence-electron chi connectivity index (χ2n) is 7.16. The zero-order chi connectivity index (χ0) is 17.9. The van der Waals surface area contributed by atoms with E-state index in [1.807, 2.05) is 20.8 Å². The van der Waals surface area contributed by atoms with E-state index in [1.54, 1.807) is 23.1 Å². The maximum atomic E-state index is 12.9. The molecule has 1 fully saturated rings. The van der Waals surface area contributed by atoms with E-state index in [0.717, 1.165) is 25.9 Å². The highest BCUT2D eigenvalue weighted by atomic mass is 35.5. The van der Waals surface area contributed by atoms with Gasteiger partial charge in [0.1, 0.15) is 11.7 Å². The van der Waals surface area contributed by atoms with Crippen molar-refractivity contribution >= 4 is 23.4 Å². The summed E-state index contributed by atoms with van der Waals surface area (Å²) in [5, 5.41) is 9.92. The van der Waals surface area contributed by atoms with Crippen LogP contribution in [-0.2, 0) is 4.74 Å². The first-order valence-corrected chi connectivity index (χ1v) is 8.49. The molecule has 0 N–H and O–H groups in total. The van der Waals surface area contributed by atoms with Gasteiger partial charge in [-0.05, 0) is 71.9 Å². The minimum Gasteiger partial charge on any atom is -0.443 e. The number of ether oxygens (including phenoxy) is 1. The van der Waals surface area contributed by atoms with Crippen LogP contribution in [0.15, 0.2) is 18.2 Å². The molecule has 6 heteroatoms. The average Bonchev–Trinajstić information content (AvgIpc) is 2.48. The summed E-state index contributed by atoms with van der Waals surface area (Å²) < 4.78 is 5.59. The maximum absolute atomic E-state index is 12.9. The largest absolute Gasteiger partial charge is 0.443 e.